The number of nitrogens with two attached hydrogens (primary N) is 1. The molecule has 3 nitrogen and oxygen atoms in total. The van der Waals surface area contributed by atoms with E-state index in [4.69, 9.17) is 17.3 Å². The summed E-state index contributed by atoms with van der Waals surface area (Å²) in [4.78, 5) is 0. The van der Waals surface area contributed by atoms with Gasteiger partial charge in [-0.25, -0.2) is 4.39 Å². The van der Waals surface area contributed by atoms with Crippen LogP contribution < -0.4 is 5.73 Å². The zero-order valence-electron chi connectivity index (χ0n) is 11.7. The van der Waals surface area contributed by atoms with E-state index >= 15 is 0 Å². The number of hydrogen-bond acceptors (Lipinski definition) is 2. The van der Waals surface area contributed by atoms with Gasteiger partial charge in [0.1, 0.15) is 5.82 Å². The first-order valence-electron chi connectivity index (χ1n) is 6.81. The highest BCUT2D eigenvalue weighted by Crippen LogP contribution is 2.21. The van der Waals surface area contributed by atoms with Crippen LogP contribution in [0.1, 0.15) is 36.8 Å². The van der Waals surface area contributed by atoms with Gasteiger partial charge in [0.05, 0.1) is 17.4 Å². The second kappa shape index (κ2) is 6.37. The molecule has 0 aliphatic carbocycles. The topological polar surface area (TPSA) is 43.8 Å². The van der Waals surface area contributed by atoms with Crippen molar-refractivity contribution in [2.75, 3.05) is 0 Å². The smallest absolute Gasteiger partial charge is 0.127 e. The Morgan fingerprint density at radius 3 is 2.70 bits per heavy atom. The minimum absolute atomic E-state index is 0.279. The summed E-state index contributed by atoms with van der Waals surface area (Å²) >= 11 is 5.75. The molecular weight excluding hydrogens is 277 g/mol. The summed E-state index contributed by atoms with van der Waals surface area (Å²) in [6.07, 6.45) is 1.29. The molecular formula is C15H19ClFN3. The first kappa shape index (κ1) is 15.0. The average molecular weight is 296 g/mol. The Kier molecular flexibility index (Phi) is 4.78. The number of benzene rings is 1. The third kappa shape index (κ3) is 3.19. The standard InChI is InChI=1S/C15H19ClFN3/c1-3-12-9-15(20(4-2)19-12)14(18)7-10-5-6-11(16)8-13(10)17/h5-6,8-9,14H,3-4,7,18H2,1-2H3. The third-order valence-electron chi connectivity index (χ3n) is 3.36. The lowest BCUT2D eigenvalue weighted by molar-refractivity contribution is 0.549. The molecule has 20 heavy (non-hydrogen) atoms. The summed E-state index contributed by atoms with van der Waals surface area (Å²) in [5, 5.41) is 4.86. The first-order valence-corrected chi connectivity index (χ1v) is 7.19. The van der Waals surface area contributed by atoms with Crippen molar-refractivity contribution < 1.29 is 4.39 Å². The number of rotatable bonds is 5. The van der Waals surface area contributed by atoms with E-state index in [0.29, 0.717) is 17.0 Å². The summed E-state index contributed by atoms with van der Waals surface area (Å²) in [5.74, 6) is -0.314. The first-order chi connectivity index (χ1) is 9.55. The highest BCUT2D eigenvalue weighted by atomic mass is 35.5. The fourth-order valence-corrected chi connectivity index (χ4v) is 2.40. The average Bonchev–Trinajstić information content (AvgIpc) is 2.85. The van der Waals surface area contributed by atoms with Crippen LogP contribution in [0, 0.1) is 5.82 Å². The Bertz CT molecular complexity index is 595. The number of nitrogens with zero attached hydrogens (tertiary/aromatic N) is 2. The number of aryl methyl sites for hydroxylation is 2. The molecule has 5 heteroatoms. The van der Waals surface area contributed by atoms with E-state index in [1.165, 1.54) is 6.07 Å². The van der Waals surface area contributed by atoms with Gasteiger partial charge >= 0.3 is 0 Å². The molecule has 1 unspecified atom stereocenters. The number of aromatic nitrogens is 2. The van der Waals surface area contributed by atoms with Crippen molar-refractivity contribution in [3.63, 3.8) is 0 Å². The summed E-state index contributed by atoms with van der Waals surface area (Å²) in [6.45, 7) is 4.83. The van der Waals surface area contributed by atoms with Crippen molar-refractivity contribution >= 4 is 11.6 Å². The van der Waals surface area contributed by atoms with Crippen LogP contribution in [-0.2, 0) is 19.4 Å². The van der Waals surface area contributed by atoms with Crippen LogP contribution in [0.2, 0.25) is 5.02 Å². The highest BCUT2D eigenvalue weighted by Gasteiger charge is 2.16. The predicted molar refractivity (Wildman–Crippen MR) is 79.3 cm³/mol. The molecule has 0 fully saturated rings. The van der Waals surface area contributed by atoms with Crippen LogP contribution in [0.3, 0.4) is 0 Å². The highest BCUT2D eigenvalue weighted by molar-refractivity contribution is 6.30. The molecule has 2 aromatic rings. The van der Waals surface area contributed by atoms with Crippen LogP contribution in [0.5, 0.6) is 0 Å². The number of hydrogen-bond donors (Lipinski definition) is 1. The molecule has 1 heterocycles. The molecule has 2 N–H and O–H groups in total. The molecule has 1 aromatic carbocycles. The van der Waals surface area contributed by atoms with Gasteiger partial charge in [0, 0.05) is 11.6 Å². The SMILES string of the molecule is CCc1cc(C(N)Cc2ccc(Cl)cc2F)n(CC)n1. The second-order valence-electron chi connectivity index (χ2n) is 4.78. The second-order valence-corrected chi connectivity index (χ2v) is 5.21. The van der Waals surface area contributed by atoms with E-state index in [0.717, 1.165) is 24.4 Å². The summed E-state index contributed by atoms with van der Waals surface area (Å²) in [7, 11) is 0. The lowest BCUT2D eigenvalue weighted by atomic mass is 10.0. The lowest BCUT2D eigenvalue weighted by Crippen LogP contribution is -2.18. The zero-order chi connectivity index (χ0) is 14.7. The molecule has 1 aromatic heterocycles. The molecule has 108 valence electrons. The van der Waals surface area contributed by atoms with E-state index in [1.54, 1.807) is 12.1 Å². The van der Waals surface area contributed by atoms with Gasteiger partial charge < -0.3 is 5.73 Å². The molecule has 1 atom stereocenters. The van der Waals surface area contributed by atoms with Crippen molar-refractivity contribution in [2.24, 2.45) is 5.73 Å². The fourth-order valence-electron chi connectivity index (χ4n) is 2.24. The van der Waals surface area contributed by atoms with Crippen LogP contribution in [0.25, 0.3) is 0 Å². The Balaban J connectivity index is 2.23. The van der Waals surface area contributed by atoms with Crippen LogP contribution in [0.15, 0.2) is 24.3 Å². The van der Waals surface area contributed by atoms with Crippen molar-refractivity contribution in [1.82, 2.24) is 9.78 Å². The van der Waals surface area contributed by atoms with Gasteiger partial charge in [0.25, 0.3) is 0 Å². The minimum atomic E-state index is -0.314. The van der Waals surface area contributed by atoms with Gasteiger partial charge in [-0.15, -0.1) is 0 Å². The van der Waals surface area contributed by atoms with E-state index < -0.39 is 0 Å². The zero-order valence-corrected chi connectivity index (χ0v) is 12.5. The summed E-state index contributed by atoms with van der Waals surface area (Å²) < 4.78 is 15.7. The minimum Gasteiger partial charge on any atom is -0.322 e. The maximum absolute atomic E-state index is 13.8. The Labute approximate surface area is 123 Å². The molecule has 0 aliphatic rings. The Morgan fingerprint density at radius 2 is 2.10 bits per heavy atom. The van der Waals surface area contributed by atoms with Crippen molar-refractivity contribution in [2.45, 2.75) is 39.3 Å². The van der Waals surface area contributed by atoms with Gasteiger partial charge in [-0.05, 0) is 43.5 Å². The molecule has 0 saturated heterocycles. The molecule has 2 rings (SSSR count). The molecule has 0 spiro atoms. The van der Waals surface area contributed by atoms with Crippen molar-refractivity contribution in [1.29, 1.82) is 0 Å². The summed E-state index contributed by atoms with van der Waals surface area (Å²) in [6, 6.07) is 6.41. The van der Waals surface area contributed by atoms with E-state index in [9.17, 15) is 4.39 Å². The molecule has 0 radical (unpaired) electrons. The predicted octanol–water partition coefficient (Wildman–Crippen LogP) is 3.50. The molecule has 0 saturated carbocycles. The monoisotopic (exact) mass is 295 g/mol. The Hall–Kier alpha value is -1.39. The van der Waals surface area contributed by atoms with Crippen LogP contribution in [0.4, 0.5) is 4.39 Å². The van der Waals surface area contributed by atoms with Crippen molar-refractivity contribution in [3.05, 3.63) is 52.1 Å². The van der Waals surface area contributed by atoms with E-state index in [1.807, 2.05) is 17.7 Å². The Morgan fingerprint density at radius 1 is 1.35 bits per heavy atom. The van der Waals surface area contributed by atoms with Crippen LogP contribution >= 0.6 is 11.6 Å². The number of halogens is 2. The van der Waals surface area contributed by atoms with E-state index in [-0.39, 0.29) is 11.9 Å². The summed E-state index contributed by atoms with van der Waals surface area (Å²) in [5.41, 5.74) is 8.74. The normalized spacial score (nSPS) is 12.7. The largest absolute Gasteiger partial charge is 0.322 e. The van der Waals surface area contributed by atoms with Gasteiger partial charge in [0.15, 0.2) is 0 Å². The van der Waals surface area contributed by atoms with E-state index in [2.05, 4.69) is 12.0 Å². The van der Waals surface area contributed by atoms with Crippen LogP contribution in [-0.4, -0.2) is 9.78 Å². The molecule has 0 aliphatic heterocycles. The van der Waals surface area contributed by atoms with Crippen molar-refractivity contribution in [3.8, 4) is 0 Å². The molecule has 0 amide bonds. The fraction of sp³-hybridized carbons (Fsp3) is 0.400. The van der Waals surface area contributed by atoms with Gasteiger partial charge in [-0.3, -0.25) is 4.68 Å². The maximum atomic E-state index is 13.8. The quantitative estimate of drug-likeness (QED) is 0.917. The van der Waals surface area contributed by atoms with Gasteiger partial charge in [0.2, 0.25) is 0 Å². The maximum Gasteiger partial charge on any atom is 0.127 e. The van der Waals surface area contributed by atoms with Gasteiger partial charge in [-0.2, -0.15) is 5.10 Å². The lowest BCUT2D eigenvalue weighted by Gasteiger charge is -2.14. The third-order valence-corrected chi connectivity index (χ3v) is 3.59. The molecule has 0 bridgehead atoms. The van der Waals surface area contributed by atoms with Gasteiger partial charge in [-0.1, -0.05) is 24.6 Å².